The van der Waals surface area contributed by atoms with Gasteiger partial charge < -0.3 is 14.5 Å². The van der Waals surface area contributed by atoms with Crippen LogP contribution in [0.25, 0.3) is 0 Å². The molecule has 0 saturated carbocycles. The fourth-order valence-electron chi connectivity index (χ4n) is 4.16. The number of hydrogen-bond acceptors (Lipinski definition) is 4. The third kappa shape index (κ3) is 5.41. The second-order valence-corrected chi connectivity index (χ2v) is 9.19. The smallest absolute Gasteiger partial charge is 0.416 e. The molecule has 1 aliphatic heterocycles. The first-order chi connectivity index (χ1) is 15.2. The monoisotopic (exact) mass is 466 g/mol. The van der Waals surface area contributed by atoms with Gasteiger partial charge in [-0.25, -0.2) is 0 Å². The van der Waals surface area contributed by atoms with Crippen LogP contribution in [0.4, 0.5) is 18.9 Å². The highest BCUT2D eigenvalue weighted by Crippen LogP contribution is 2.41. The predicted molar refractivity (Wildman–Crippen MR) is 124 cm³/mol. The summed E-state index contributed by atoms with van der Waals surface area (Å²) in [6.07, 6.45) is -2.13. The summed E-state index contributed by atoms with van der Waals surface area (Å²) < 4.78 is 45.7. The zero-order valence-electron chi connectivity index (χ0n) is 18.8. The van der Waals surface area contributed by atoms with Crippen molar-refractivity contribution in [1.82, 2.24) is 4.90 Å². The van der Waals surface area contributed by atoms with Crippen LogP contribution in [0.2, 0.25) is 0 Å². The van der Waals surface area contributed by atoms with E-state index in [2.05, 4.69) is 0 Å². The van der Waals surface area contributed by atoms with Gasteiger partial charge in [-0.3, -0.25) is 4.79 Å². The summed E-state index contributed by atoms with van der Waals surface area (Å²) in [5.41, 5.74) is 1.37. The van der Waals surface area contributed by atoms with Crippen molar-refractivity contribution in [3.63, 3.8) is 0 Å². The number of fused-ring (bicyclic) bond motifs is 1. The third-order valence-corrected chi connectivity index (χ3v) is 6.56. The van der Waals surface area contributed by atoms with Gasteiger partial charge in [0.1, 0.15) is 5.75 Å². The Morgan fingerprint density at radius 1 is 1.16 bits per heavy atom. The van der Waals surface area contributed by atoms with Gasteiger partial charge in [-0.2, -0.15) is 24.9 Å². The minimum atomic E-state index is -4.44. The number of carbonyl (C=O) groups is 1. The Morgan fingerprint density at radius 3 is 2.41 bits per heavy atom. The largest absolute Gasteiger partial charge is 0.497 e. The number of benzene rings is 2. The number of hydrogen-bond donors (Lipinski definition) is 0. The predicted octanol–water partition coefficient (Wildman–Crippen LogP) is 4.93. The second-order valence-electron chi connectivity index (χ2n) is 8.28. The number of anilines is 1. The van der Waals surface area contributed by atoms with Gasteiger partial charge in [0.25, 0.3) is 0 Å². The Balaban J connectivity index is 2.12. The van der Waals surface area contributed by atoms with Crippen LogP contribution in [0, 0.1) is 5.92 Å². The minimum Gasteiger partial charge on any atom is -0.497 e. The van der Waals surface area contributed by atoms with Crippen molar-refractivity contribution in [2.45, 2.75) is 18.5 Å². The molecule has 0 fully saturated rings. The lowest BCUT2D eigenvalue weighted by atomic mass is 9.82. The maximum atomic E-state index is 13.7. The van der Waals surface area contributed by atoms with E-state index in [1.165, 1.54) is 12.1 Å². The van der Waals surface area contributed by atoms with Gasteiger partial charge in [-0.05, 0) is 68.2 Å². The van der Waals surface area contributed by atoms with Crippen molar-refractivity contribution in [1.29, 1.82) is 0 Å². The summed E-state index contributed by atoms with van der Waals surface area (Å²) in [7, 11) is 5.41. The van der Waals surface area contributed by atoms with Crippen LogP contribution < -0.4 is 9.64 Å². The van der Waals surface area contributed by atoms with Crippen LogP contribution >= 0.6 is 11.8 Å². The van der Waals surface area contributed by atoms with Crippen molar-refractivity contribution in [3.05, 3.63) is 59.2 Å². The van der Waals surface area contributed by atoms with Crippen LogP contribution in [-0.4, -0.2) is 57.1 Å². The number of thioether (sulfide) groups is 1. The molecule has 1 aliphatic rings. The van der Waals surface area contributed by atoms with Crippen LogP contribution in [-0.2, 0) is 17.4 Å². The molecule has 0 bridgehead atoms. The highest BCUT2D eigenvalue weighted by Gasteiger charge is 2.39. The van der Waals surface area contributed by atoms with E-state index in [0.29, 0.717) is 42.3 Å². The first-order valence-electron chi connectivity index (χ1n) is 10.4. The lowest BCUT2D eigenvalue weighted by Crippen LogP contribution is -2.42. The van der Waals surface area contributed by atoms with E-state index in [-0.39, 0.29) is 17.7 Å². The van der Waals surface area contributed by atoms with Crippen molar-refractivity contribution in [2.75, 3.05) is 51.2 Å². The highest BCUT2D eigenvalue weighted by molar-refractivity contribution is 7.98. The second kappa shape index (κ2) is 10.2. The molecule has 8 heteroatoms. The Bertz CT molecular complexity index is 932. The molecule has 1 amide bonds. The van der Waals surface area contributed by atoms with E-state index >= 15 is 0 Å². The van der Waals surface area contributed by atoms with Crippen LogP contribution in [0.3, 0.4) is 0 Å². The lowest BCUT2D eigenvalue weighted by molar-refractivity contribution is -0.137. The average Bonchev–Trinajstić information content (AvgIpc) is 2.86. The summed E-state index contributed by atoms with van der Waals surface area (Å²) in [4.78, 5) is 17.4. The van der Waals surface area contributed by atoms with Gasteiger partial charge in [-0.15, -0.1) is 0 Å². The van der Waals surface area contributed by atoms with Crippen molar-refractivity contribution in [2.24, 2.45) is 5.92 Å². The van der Waals surface area contributed by atoms with Gasteiger partial charge in [-0.1, -0.05) is 12.1 Å². The molecule has 0 radical (unpaired) electrons. The standard InChI is InChI=1S/C24H29F3N2O2S/c1-28(2)11-12-29-22-10-7-18(24(25,26)27)13-17(22)14-20(21(15-32-4)23(29)30)16-5-8-19(31-3)9-6-16/h5-10,13,20-21H,11-12,14-15H2,1-4H3. The fraction of sp³-hybridized carbons (Fsp3) is 0.458. The molecule has 0 saturated heterocycles. The zero-order chi connectivity index (χ0) is 23.5. The van der Waals surface area contributed by atoms with Gasteiger partial charge >= 0.3 is 6.18 Å². The van der Waals surface area contributed by atoms with Crippen LogP contribution in [0.5, 0.6) is 5.75 Å². The Kier molecular flexibility index (Phi) is 7.77. The molecule has 32 heavy (non-hydrogen) atoms. The molecule has 2 aromatic carbocycles. The van der Waals surface area contributed by atoms with Crippen molar-refractivity contribution >= 4 is 23.4 Å². The van der Waals surface area contributed by atoms with E-state index in [1.54, 1.807) is 23.8 Å². The van der Waals surface area contributed by atoms with E-state index in [0.717, 1.165) is 11.6 Å². The van der Waals surface area contributed by atoms with E-state index < -0.39 is 11.7 Å². The summed E-state index contributed by atoms with van der Waals surface area (Å²) in [5, 5.41) is 0. The van der Waals surface area contributed by atoms with Gasteiger partial charge in [0.2, 0.25) is 5.91 Å². The van der Waals surface area contributed by atoms with Crippen LogP contribution in [0.15, 0.2) is 42.5 Å². The van der Waals surface area contributed by atoms with Crippen molar-refractivity contribution in [3.8, 4) is 5.75 Å². The summed E-state index contributed by atoms with van der Waals surface area (Å²) in [6, 6.07) is 11.2. The molecule has 174 valence electrons. The number of carbonyl (C=O) groups excluding carboxylic acids is 1. The quantitative estimate of drug-likeness (QED) is 0.580. The Morgan fingerprint density at radius 2 is 1.84 bits per heavy atom. The molecule has 2 aromatic rings. The third-order valence-electron chi connectivity index (χ3n) is 5.87. The number of halogens is 3. The molecule has 1 heterocycles. The zero-order valence-corrected chi connectivity index (χ0v) is 19.6. The molecule has 0 aromatic heterocycles. The minimum absolute atomic E-state index is 0.0412. The molecule has 4 nitrogen and oxygen atoms in total. The number of ether oxygens (including phenoxy) is 1. The van der Waals surface area contributed by atoms with Gasteiger partial charge in [0.15, 0.2) is 0 Å². The van der Waals surface area contributed by atoms with E-state index in [9.17, 15) is 18.0 Å². The topological polar surface area (TPSA) is 32.8 Å². The molecule has 0 N–H and O–H groups in total. The number of nitrogens with zero attached hydrogens (tertiary/aromatic N) is 2. The number of likely N-dealkylation sites (N-methyl/N-ethyl adjacent to an activating group) is 1. The Hall–Kier alpha value is -2.19. The summed E-state index contributed by atoms with van der Waals surface area (Å²) in [6.45, 7) is 1.04. The average molecular weight is 467 g/mol. The lowest BCUT2D eigenvalue weighted by Gasteiger charge is -2.29. The normalized spacial score (nSPS) is 19.1. The molecular formula is C24H29F3N2O2S. The molecule has 0 aliphatic carbocycles. The summed E-state index contributed by atoms with van der Waals surface area (Å²) in [5.74, 6) is 0.673. The number of methoxy groups -OCH3 is 1. The Labute approximate surface area is 191 Å². The first-order valence-corrected chi connectivity index (χ1v) is 11.8. The first kappa shape index (κ1) is 24.5. The van der Waals surface area contributed by atoms with Gasteiger partial charge in [0.05, 0.1) is 18.6 Å². The molecule has 0 spiro atoms. The maximum absolute atomic E-state index is 13.7. The molecule has 2 unspecified atom stereocenters. The summed E-state index contributed by atoms with van der Waals surface area (Å²) >= 11 is 1.58. The number of rotatable bonds is 7. The van der Waals surface area contributed by atoms with Gasteiger partial charge in [0, 0.05) is 30.4 Å². The van der Waals surface area contributed by atoms with Crippen molar-refractivity contribution < 1.29 is 22.7 Å². The van der Waals surface area contributed by atoms with E-state index in [4.69, 9.17) is 4.74 Å². The maximum Gasteiger partial charge on any atom is 0.416 e. The molecule has 3 rings (SSSR count). The SMILES string of the molecule is COc1ccc(C2Cc3cc(C(F)(F)F)ccc3N(CCN(C)C)C(=O)C2CSC)cc1. The fourth-order valence-corrected chi connectivity index (χ4v) is 4.89. The van der Waals surface area contributed by atoms with Crippen LogP contribution in [0.1, 0.15) is 22.6 Å². The molecular weight excluding hydrogens is 437 g/mol. The number of amides is 1. The number of alkyl halides is 3. The molecule has 2 atom stereocenters. The highest BCUT2D eigenvalue weighted by atomic mass is 32.2. The van der Waals surface area contributed by atoms with E-state index in [1.807, 2.05) is 49.5 Å².